The molecule has 4 rings (SSSR count). The Hall–Kier alpha value is -1.06. The molecular weight excluding hydrogens is 328 g/mol. The van der Waals surface area contributed by atoms with Crippen LogP contribution in [0.5, 0.6) is 0 Å². The summed E-state index contributed by atoms with van der Waals surface area (Å²) in [7, 11) is 0. The summed E-state index contributed by atoms with van der Waals surface area (Å²) in [5.41, 5.74) is -2.01. The van der Waals surface area contributed by atoms with Crippen molar-refractivity contribution in [1.82, 2.24) is 0 Å². The highest BCUT2D eigenvalue weighted by molar-refractivity contribution is 5.68. The first-order chi connectivity index (χ1) is 11.7. The van der Waals surface area contributed by atoms with Crippen LogP contribution in [0.3, 0.4) is 0 Å². The normalized spacial score (nSPS) is 38.2. The molecule has 148 valence electrons. The van der Waals surface area contributed by atoms with E-state index in [4.69, 9.17) is 9.47 Å². The average molecular weight is 365 g/mol. The topological polar surface area (TPSA) is 52.6 Å². The van der Waals surface area contributed by atoms with Gasteiger partial charge in [-0.2, -0.15) is 0 Å². The summed E-state index contributed by atoms with van der Waals surface area (Å²) in [4.78, 5) is 24.5. The number of hydrogen-bond acceptors (Lipinski definition) is 4. The molecule has 26 heavy (non-hydrogen) atoms. The van der Waals surface area contributed by atoms with Crippen molar-refractivity contribution in [2.75, 3.05) is 0 Å². The second kappa shape index (κ2) is 5.48. The van der Waals surface area contributed by atoms with Gasteiger partial charge in [-0.3, -0.25) is 9.59 Å². The van der Waals surface area contributed by atoms with Crippen LogP contribution >= 0.6 is 0 Å². The fourth-order valence-corrected chi connectivity index (χ4v) is 8.74. The van der Waals surface area contributed by atoms with E-state index in [1.165, 1.54) is 13.8 Å². The Morgan fingerprint density at radius 3 is 1.27 bits per heavy atom. The molecule has 4 aliphatic carbocycles. The van der Waals surface area contributed by atoms with Crippen molar-refractivity contribution in [2.24, 2.45) is 28.1 Å². The molecule has 0 unspecified atom stereocenters. The monoisotopic (exact) mass is 364 g/mol. The Bertz CT molecular complexity index is 553. The zero-order chi connectivity index (χ0) is 19.8. The molecule has 0 aliphatic heterocycles. The molecule has 0 aromatic rings. The molecule has 4 heteroatoms. The second-order valence-electron chi connectivity index (χ2n) is 11.2. The highest BCUT2D eigenvalue weighted by Crippen LogP contribution is 2.77. The smallest absolute Gasteiger partial charge is 0.303 e. The number of carbonyl (C=O) groups excluding carboxylic acids is 2. The zero-order valence-corrected chi connectivity index (χ0v) is 17.8. The van der Waals surface area contributed by atoms with Crippen LogP contribution in [0.15, 0.2) is 0 Å². The number of esters is 2. The molecule has 0 aromatic carbocycles. The van der Waals surface area contributed by atoms with E-state index in [1.807, 2.05) is 0 Å². The molecule has 4 aliphatic rings. The molecule has 0 heterocycles. The maximum absolute atomic E-state index is 12.3. The number of hydrogen-bond donors (Lipinski definition) is 0. The summed E-state index contributed by atoms with van der Waals surface area (Å²) >= 11 is 0. The van der Waals surface area contributed by atoms with Crippen molar-refractivity contribution in [3.05, 3.63) is 0 Å². The van der Waals surface area contributed by atoms with Gasteiger partial charge in [0.25, 0.3) is 0 Å². The van der Waals surface area contributed by atoms with Gasteiger partial charge in [-0.05, 0) is 54.8 Å². The fourth-order valence-electron chi connectivity index (χ4n) is 8.74. The van der Waals surface area contributed by atoms with Crippen LogP contribution in [0.1, 0.15) is 87.5 Å². The van der Waals surface area contributed by atoms with E-state index >= 15 is 0 Å². The largest absolute Gasteiger partial charge is 0.458 e. The third kappa shape index (κ3) is 2.32. The summed E-state index contributed by atoms with van der Waals surface area (Å²) in [5, 5.41) is 0. The Morgan fingerprint density at radius 2 is 1.04 bits per heavy atom. The lowest BCUT2D eigenvalue weighted by molar-refractivity contribution is -0.364. The first-order valence-corrected chi connectivity index (χ1v) is 10.1. The molecular formula is C22H36O4. The van der Waals surface area contributed by atoms with Gasteiger partial charge in [0.2, 0.25) is 0 Å². The van der Waals surface area contributed by atoms with Gasteiger partial charge >= 0.3 is 11.9 Å². The lowest BCUT2D eigenvalue weighted by atomic mass is 9.30. The molecule has 4 saturated carbocycles. The minimum atomic E-state index is -0.575. The number of ether oxygens (including phenoxy) is 2. The molecule has 0 saturated heterocycles. The van der Waals surface area contributed by atoms with Gasteiger partial charge in [-0.15, -0.1) is 0 Å². The van der Waals surface area contributed by atoms with E-state index in [2.05, 4.69) is 41.5 Å². The zero-order valence-electron chi connectivity index (χ0n) is 17.8. The van der Waals surface area contributed by atoms with Crippen molar-refractivity contribution >= 4 is 11.9 Å². The van der Waals surface area contributed by atoms with E-state index in [1.54, 1.807) is 0 Å². The third-order valence-corrected chi connectivity index (χ3v) is 7.44. The minimum absolute atomic E-state index is 0.205. The molecule has 0 amide bonds. The van der Waals surface area contributed by atoms with E-state index in [-0.39, 0.29) is 22.8 Å². The number of carbonyl (C=O) groups is 2. The Kier molecular flexibility index (Phi) is 4.15. The summed E-state index contributed by atoms with van der Waals surface area (Å²) in [6.07, 6.45) is 4.72. The average Bonchev–Trinajstić information content (AvgIpc) is 2.29. The first kappa shape index (κ1) is 19.7. The van der Waals surface area contributed by atoms with E-state index in [0.717, 1.165) is 32.1 Å². The van der Waals surface area contributed by atoms with E-state index in [0.29, 0.717) is 11.8 Å². The van der Waals surface area contributed by atoms with Gasteiger partial charge in [-0.25, -0.2) is 0 Å². The highest BCUT2D eigenvalue weighted by Gasteiger charge is 2.81. The Morgan fingerprint density at radius 1 is 0.731 bits per heavy atom. The van der Waals surface area contributed by atoms with Crippen molar-refractivity contribution in [1.29, 1.82) is 0 Å². The van der Waals surface area contributed by atoms with Crippen LogP contribution in [0.4, 0.5) is 0 Å². The maximum Gasteiger partial charge on any atom is 0.303 e. The van der Waals surface area contributed by atoms with Crippen molar-refractivity contribution in [2.45, 2.75) is 98.7 Å². The number of rotatable bonds is 2. The Labute approximate surface area is 158 Å². The van der Waals surface area contributed by atoms with Crippen molar-refractivity contribution < 1.29 is 19.1 Å². The predicted octanol–water partition coefficient (Wildman–Crippen LogP) is 4.89. The molecule has 0 radical (unpaired) electrons. The lowest BCUT2D eigenvalue weighted by Crippen LogP contribution is -2.81. The summed E-state index contributed by atoms with van der Waals surface area (Å²) in [5.74, 6) is 0.476. The third-order valence-electron chi connectivity index (χ3n) is 7.44. The molecule has 0 aromatic heterocycles. The van der Waals surface area contributed by atoms with Crippen molar-refractivity contribution in [3.8, 4) is 0 Å². The molecule has 4 bridgehead atoms. The molecule has 0 spiro atoms. The SMILES string of the molecule is CC(=O)OC12CC3CC(C1)CC(OC(C)=O)(C3)C2(C(C)(C)C)C(C)(C)C. The van der Waals surface area contributed by atoms with Crippen LogP contribution in [-0.4, -0.2) is 23.1 Å². The van der Waals surface area contributed by atoms with Crippen LogP contribution in [-0.2, 0) is 19.1 Å². The second-order valence-corrected chi connectivity index (χ2v) is 11.2. The van der Waals surface area contributed by atoms with Crippen LogP contribution in [0.25, 0.3) is 0 Å². The predicted molar refractivity (Wildman–Crippen MR) is 100 cm³/mol. The van der Waals surface area contributed by atoms with Gasteiger partial charge in [-0.1, -0.05) is 41.5 Å². The molecule has 4 nitrogen and oxygen atoms in total. The highest BCUT2D eigenvalue weighted by atomic mass is 16.6. The van der Waals surface area contributed by atoms with Gasteiger partial charge in [0.1, 0.15) is 11.2 Å². The first-order valence-electron chi connectivity index (χ1n) is 10.1. The fraction of sp³-hybridized carbons (Fsp3) is 0.909. The summed E-state index contributed by atoms with van der Waals surface area (Å²) in [6, 6.07) is 0. The van der Waals surface area contributed by atoms with Crippen LogP contribution < -0.4 is 0 Å². The Balaban J connectivity index is 2.35. The summed E-state index contributed by atoms with van der Waals surface area (Å²) in [6.45, 7) is 16.4. The lowest BCUT2D eigenvalue weighted by Gasteiger charge is -2.77. The molecule has 0 N–H and O–H groups in total. The van der Waals surface area contributed by atoms with Gasteiger partial charge in [0.05, 0.1) is 5.41 Å². The van der Waals surface area contributed by atoms with Gasteiger partial charge in [0.15, 0.2) is 0 Å². The maximum atomic E-state index is 12.3. The van der Waals surface area contributed by atoms with Gasteiger partial charge < -0.3 is 9.47 Å². The van der Waals surface area contributed by atoms with Gasteiger partial charge in [0, 0.05) is 13.8 Å². The quantitative estimate of drug-likeness (QED) is 0.655. The van der Waals surface area contributed by atoms with Crippen LogP contribution in [0, 0.1) is 28.1 Å². The molecule has 4 fully saturated rings. The van der Waals surface area contributed by atoms with E-state index in [9.17, 15) is 9.59 Å². The van der Waals surface area contributed by atoms with Crippen molar-refractivity contribution in [3.63, 3.8) is 0 Å². The summed E-state index contributed by atoms with van der Waals surface area (Å²) < 4.78 is 12.6. The standard InChI is InChI=1S/C22H36O4/c1-14(23)25-20-10-16-9-17(11-20)13-21(12-16,26-15(2)24)22(20,18(3,4)5)19(6,7)8/h16-17H,9-13H2,1-8H3. The van der Waals surface area contributed by atoms with E-state index < -0.39 is 16.6 Å². The van der Waals surface area contributed by atoms with Crippen LogP contribution in [0.2, 0.25) is 0 Å². The molecule has 0 atom stereocenters. The minimum Gasteiger partial charge on any atom is -0.458 e.